The van der Waals surface area contributed by atoms with Crippen LogP contribution in [0.3, 0.4) is 0 Å². The van der Waals surface area contributed by atoms with E-state index in [9.17, 15) is 8.78 Å². The molecule has 0 amide bonds. The highest BCUT2D eigenvalue weighted by Crippen LogP contribution is 2.20. The number of halogens is 2. The lowest BCUT2D eigenvalue weighted by Crippen LogP contribution is -2.31. The summed E-state index contributed by atoms with van der Waals surface area (Å²) in [6.45, 7) is 1.15. The van der Waals surface area contributed by atoms with Crippen LogP contribution in [0, 0.1) is 0 Å². The Morgan fingerprint density at radius 1 is 1.58 bits per heavy atom. The van der Waals surface area contributed by atoms with Crippen LogP contribution in [-0.2, 0) is 4.74 Å². The van der Waals surface area contributed by atoms with Gasteiger partial charge >= 0.3 is 0 Å². The molecule has 0 N–H and O–H groups in total. The van der Waals surface area contributed by atoms with E-state index in [-0.39, 0.29) is 11.7 Å². The van der Waals surface area contributed by atoms with Gasteiger partial charge in [0.25, 0.3) is 6.43 Å². The number of hydrogen-bond donors (Lipinski definition) is 0. The summed E-state index contributed by atoms with van der Waals surface area (Å²) in [4.78, 5) is 0. The molecule has 1 fully saturated rings. The molecule has 0 unspecified atom stereocenters. The number of hydrogen-bond acceptors (Lipinski definition) is 2. The zero-order chi connectivity index (χ0) is 8.55. The van der Waals surface area contributed by atoms with Crippen molar-refractivity contribution in [3.63, 3.8) is 0 Å². The van der Waals surface area contributed by atoms with Crippen LogP contribution >= 0.6 is 0 Å². The molecule has 1 aliphatic rings. The van der Waals surface area contributed by atoms with Gasteiger partial charge in [-0.05, 0) is 6.07 Å². The zero-order valence-electron chi connectivity index (χ0n) is 6.28. The standard InChI is InChI=1S/C7H8F2N2O/c8-7(9)6-1-2-11(10-6)5-3-12-4-5/h1-2,5,7H,3-4H2. The summed E-state index contributed by atoms with van der Waals surface area (Å²) < 4.78 is 30.6. The second-order valence-electron chi connectivity index (χ2n) is 2.71. The Labute approximate surface area is 67.9 Å². The first kappa shape index (κ1) is 7.67. The van der Waals surface area contributed by atoms with Gasteiger partial charge in [-0.1, -0.05) is 0 Å². The van der Waals surface area contributed by atoms with E-state index in [2.05, 4.69) is 5.10 Å². The molecule has 0 aliphatic carbocycles. The van der Waals surface area contributed by atoms with Gasteiger partial charge in [0, 0.05) is 6.20 Å². The van der Waals surface area contributed by atoms with Crippen LogP contribution in [0.25, 0.3) is 0 Å². The Kier molecular flexibility index (Phi) is 1.80. The predicted molar refractivity (Wildman–Crippen MR) is 37.0 cm³/mol. The topological polar surface area (TPSA) is 27.1 Å². The molecule has 66 valence electrons. The minimum Gasteiger partial charge on any atom is -0.377 e. The molecule has 12 heavy (non-hydrogen) atoms. The summed E-state index contributed by atoms with van der Waals surface area (Å²) in [6, 6.07) is 1.49. The summed E-state index contributed by atoms with van der Waals surface area (Å²) in [7, 11) is 0. The molecule has 5 heteroatoms. The minimum atomic E-state index is -2.48. The van der Waals surface area contributed by atoms with Crippen LogP contribution < -0.4 is 0 Å². The predicted octanol–water partition coefficient (Wildman–Crippen LogP) is 1.39. The van der Waals surface area contributed by atoms with E-state index in [1.165, 1.54) is 10.7 Å². The highest BCUT2D eigenvalue weighted by Gasteiger charge is 2.22. The third-order valence-electron chi connectivity index (χ3n) is 1.85. The third kappa shape index (κ3) is 1.20. The molecule has 0 radical (unpaired) electrons. The van der Waals surface area contributed by atoms with Crippen molar-refractivity contribution in [1.29, 1.82) is 0 Å². The van der Waals surface area contributed by atoms with Crippen molar-refractivity contribution in [2.75, 3.05) is 13.2 Å². The van der Waals surface area contributed by atoms with Crippen LogP contribution in [0.15, 0.2) is 12.3 Å². The van der Waals surface area contributed by atoms with Gasteiger partial charge in [-0.25, -0.2) is 8.78 Å². The summed E-state index contributed by atoms with van der Waals surface area (Å²) in [6.07, 6.45) is -0.915. The number of aromatic nitrogens is 2. The first-order valence-corrected chi connectivity index (χ1v) is 3.68. The zero-order valence-corrected chi connectivity index (χ0v) is 6.28. The van der Waals surface area contributed by atoms with Gasteiger partial charge in [0.05, 0.1) is 19.3 Å². The molecular weight excluding hydrogens is 166 g/mol. The van der Waals surface area contributed by atoms with Gasteiger partial charge in [0.2, 0.25) is 0 Å². The van der Waals surface area contributed by atoms with Crippen LogP contribution in [0.4, 0.5) is 8.78 Å². The quantitative estimate of drug-likeness (QED) is 0.677. The Hall–Kier alpha value is -0.970. The third-order valence-corrected chi connectivity index (χ3v) is 1.85. The fourth-order valence-corrected chi connectivity index (χ4v) is 1.05. The fourth-order valence-electron chi connectivity index (χ4n) is 1.05. The van der Waals surface area contributed by atoms with Crippen LogP contribution in [0.2, 0.25) is 0 Å². The molecule has 0 bridgehead atoms. The van der Waals surface area contributed by atoms with Gasteiger partial charge in [0.1, 0.15) is 5.69 Å². The lowest BCUT2D eigenvalue weighted by molar-refractivity contribution is -0.0292. The molecule has 3 nitrogen and oxygen atoms in total. The Balaban J connectivity index is 2.12. The summed E-state index contributed by atoms with van der Waals surface area (Å²) >= 11 is 0. The molecule has 2 rings (SSSR count). The number of alkyl halides is 2. The van der Waals surface area contributed by atoms with Crippen molar-refractivity contribution >= 4 is 0 Å². The van der Waals surface area contributed by atoms with Gasteiger partial charge < -0.3 is 4.74 Å². The van der Waals surface area contributed by atoms with E-state index >= 15 is 0 Å². The maximum absolute atomic E-state index is 12.1. The summed E-state index contributed by atoms with van der Waals surface area (Å²) in [5.74, 6) is 0. The molecule has 1 aromatic rings. The lowest BCUT2D eigenvalue weighted by Gasteiger charge is -2.25. The van der Waals surface area contributed by atoms with Crippen molar-refractivity contribution < 1.29 is 13.5 Å². The Morgan fingerprint density at radius 3 is 2.75 bits per heavy atom. The van der Waals surface area contributed by atoms with Crippen LogP contribution in [0.5, 0.6) is 0 Å². The first-order valence-electron chi connectivity index (χ1n) is 3.68. The largest absolute Gasteiger partial charge is 0.377 e. The van der Waals surface area contributed by atoms with Crippen LogP contribution in [-0.4, -0.2) is 23.0 Å². The van der Waals surface area contributed by atoms with E-state index in [0.717, 1.165) is 0 Å². The molecule has 0 saturated carbocycles. The highest BCUT2D eigenvalue weighted by atomic mass is 19.3. The molecule has 1 saturated heterocycles. The Morgan fingerprint density at radius 2 is 2.33 bits per heavy atom. The van der Waals surface area contributed by atoms with Crippen molar-refractivity contribution in [3.05, 3.63) is 18.0 Å². The van der Waals surface area contributed by atoms with Crippen molar-refractivity contribution in [2.24, 2.45) is 0 Å². The lowest BCUT2D eigenvalue weighted by atomic mass is 10.3. The molecule has 0 spiro atoms. The van der Waals surface area contributed by atoms with Crippen molar-refractivity contribution in [3.8, 4) is 0 Å². The normalized spacial score (nSPS) is 18.2. The minimum absolute atomic E-state index is 0.150. The van der Waals surface area contributed by atoms with E-state index in [1.54, 1.807) is 6.20 Å². The summed E-state index contributed by atoms with van der Waals surface area (Å²) in [5, 5.41) is 3.72. The molecule has 1 aromatic heterocycles. The van der Waals surface area contributed by atoms with Crippen molar-refractivity contribution in [2.45, 2.75) is 12.5 Å². The van der Waals surface area contributed by atoms with E-state index in [1.807, 2.05) is 0 Å². The van der Waals surface area contributed by atoms with Gasteiger partial charge in [-0.15, -0.1) is 0 Å². The van der Waals surface area contributed by atoms with E-state index < -0.39 is 6.43 Å². The molecule has 1 aliphatic heterocycles. The second kappa shape index (κ2) is 2.82. The smallest absolute Gasteiger partial charge is 0.282 e. The first-order chi connectivity index (χ1) is 5.77. The monoisotopic (exact) mass is 174 g/mol. The maximum atomic E-state index is 12.1. The van der Waals surface area contributed by atoms with Gasteiger partial charge in [0.15, 0.2) is 0 Å². The Bertz CT molecular complexity index is 270. The molecule has 2 heterocycles. The summed E-state index contributed by atoms with van der Waals surface area (Å²) in [5.41, 5.74) is -0.165. The number of nitrogens with zero attached hydrogens (tertiary/aromatic N) is 2. The van der Waals surface area contributed by atoms with E-state index in [0.29, 0.717) is 13.2 Å². The van der Waals surface area contributed by atoms with Crippen molar-refractivity contribution in [1.82, 2.24) is 9.78 Å². The van der Waals surface area contributed by atoms with Gasteiger partial charge in [-0.3, -0.25) is 4.68 Å². The average Bonchev–Trinajstić information content (AvgIpc) is 2.32. The SMILES string of the molecule is FC(F)c1ccn(C2COC2)n1. The second-order valence-corrected chi connectivity index (χ2v) is 2.71. The maximum Gasteiger partial charge on any atom is 0.282 e. The molecule has 0 atom stereocenters. The number of rotatable bonds is 2. The molecule has 0 aromatic carbocycles. The highest BCUT2D eigenvalue weighted by molar-refractivity contribution is 5.01. The molecular formula is C7H8F2N2O. The van der Waals surface area contributed by atoms with E-state index in [4.69, 9.17) is 4.74 Å². The van der Waals surface area contributed by atoms with Crippen LogP contribution in [0.1, 0.15) is 18.2 Å². The fraction of sp³-hybridized carbons (Fsp3) is 0.571. The number of ether oxygens (including phenoxy) is 1. The average molecular weight is 174 g/mol. The van der Waals surface area contributed by atoms with Gasteiger partial charge in [-0.2, -0.15) is 5.10 Å².